The lowest BCUT2D eigenvalue weighted by atomic mass is 10.2. The molecule has 1 aromatic carbocycles. The van der Waals surface area contributed by atoms with Crippen molar-refractivity contribution < 1.29 is 4.74 Å². The molecule has 0 unspecified atom stereocenters. The van der Waals surface area contributed by atoms with E-state index in [0.29, 0.717) is 12.2 Å². The van der Waals surface area contributed by atoms with Crippen LogP contribution in [0.25, 0.3) is 0 Å². The van der Waals surface area contributed by atoms with Crippen molar-refractivity contribution >= 4 is 0 Å². The van der Waals surface area contributed by atoms with Crippen LogP contribution < -0.4 is 10.4 Å². The van der Waals surface area contributed by atoms with Crippen LogP contribution in [-0.2, 0) is 13.6 Å². The smallest absolute Gasteiger partial charge is 0.329 e. The number of benzene rings is 1. The summed E-state index contributed by atoms with van der Waals surface area (Å²) in [4.78, 5) is 11.9. The zero-order valence-corrected chi connectivity index (χ0v) is 10.4. The van der Waals surface area contributed by atoms with Gasteiger partial charge in [-0.3, -0.25) is 9.13 Å². The molecular weight excluding hydrogens is 228 g/mol. The molecule has 2 aromatic rings. The summed E-state index contributed by atoms with van der Waals surface area (Å²) in [6.07, 6.45) is 7.01. The van der Waals surface area contributed by atoms with Crippen molar-refractivity contribution in [2.24, 2.45) is 7.05 Å². The van der Waals surface area contributed by atoms with Gasteiger partial charge in [0.15, 0.2) is 0 Å². The van der Waals surface area contributed by atoms with Gasteiger partial charge in [-0.1, -0.05) is 18.1 Å². The van der Waals surface area contributed by atoms with E-state index in [0.717, 1.165) is 11.3 Å². The first-order valence-corrected chi connectivity index (χ1v) is 5.51. The molecule has 0 spiro atoms. The molecule has 0 bridgehead atoms. The normalized spacial score (nSPS) is 10.1. The van der Waals surface area contributed by atoms with Gasteiger partial charge in [0, 0.05) is 13.2 Å². The van der Waals surface area contributed by atoms with E-state index in [1.807, 2.05) is 24.3 Å². The highest BCUT2D eigenvalue weighted by Gasteiger charge is 2.06. The van der Waals surface area contributed by atoms with E-state index in [1.165, 1.54) is 4.57 Å². The first-order valence-electron chi connectivity index (χ1n) is 5.51. The standard InChI is InChI=1S/C14H14N2O2/c1-4-12-10-16(14(17)15(12)2)9-11-5-7-13(18-3)8-6-11/h1,5-8,10H,9H2,2-3H3. The van der Waals surface area contributed by atoms with Gasteiger partial charge in [0.25, 0.3) is 0 Å². The topological polar surface area (TPSA) is 36.2 Å². The monoisotopic (exact) mass is 242 g/mol. The first-order chi connectivity index (χ1) is 8.65. The zero-order valence-electron chi connectivity index (χ0n) is 10.4. The highest BCUT2D eigenvalue weighted by molar-refractivity contribution is 5.28. The van der Waals surface area contributed by atoms with Crippen LogP contribution in [0.15, 0.2) is 35.3 Å². The van der Waals surface area contributed by atoms with Gasteiger partial charge in [-0.2, -0.15) is 0 Å². The van der Waals surface area contributed by atoms with Gasteiger partial charge >= 0.3 is 5.69 Å². The molecule has 0 N–H and O–H groups in total. The average molecular weight is 242 g/mol. The maximum Gasteiger partial charge on any atom is 0.329 e. The number of hydrogen-bond donors (Lipinski definition) is 0. The Kier molecular flexibility index (Phi) is 3.24. The number of imidazole rings is 1. The highest BCUT2D eigenvalue weighted by Crippen LogP contribution is 2.12. The minimum Gasteiger partial charge on any atom is -0.497 e. The fourth-order valence-electron chi connectivity index (χ4n) is 1.76. The van der Waals surface area contributed by atoms with Crippen LogP contribution in [0.2, 0.25) is 0 Å². The molecule has 0 aliphatic carbocycles. The third kappa shape index (κ3) is 2.16. The lowest BCUT2D eigenvalue weighted by Crippen LogP contribution is -2.22. The Morgan fingerprint density at radius 1 is 1.33 bits per heavy atom. The Hall–Kier alpha value is -2.41. The molecule has 0 aliphatic heterocycles. The lowest BCUT2D eigenvalue weighted by molar-refractivity contribution is 0.414. The first kappa shape index (κ1) is 12.1. The maximum atomic E-state index is 11.9. The molecule has 4 heteroatoms. The van der Waals surface area contributed by atoms with E-state index in [-0.39, 0.29) is 5.69 Å². The van der Waals surface area contributed by atoms with Gasteiger partial charge in [-0.05, 0) is 17.7 Å². The summed E-state index contributed by atoms with van der Waals surface area (Å²) in [7, 11) is 3.29. The SMILES string of the molecule is C#Cc1cn(Cc2ccc(OC)cc2)c(=O)n1C. The molecule has 0 amide bonds. The van der Waals surface area contributed by atoms with Crippen LogP contribution >= 0.6 is 0 Å². The Morgan fingerprint density at radius 2 is 2.00 bits per heavy atom. The van der Waals surface area contributed by atoms with E-state index in [9.17, 15) is 4.79 Å². The Bertz CT molecular complexity index is 642. The number of aromatic nitrogens is 2. The molecule has 0 saturated carbocycles. The fraction of sp³-hybridized carbons (Fsp3) is 0.214. The van der Waals surface area contributed by atoms with Crippen LogP contribution in [0.1, 0.15) is 11.3 Å². The molecule has 0 fully saturated rings. The molecule has 0 atom stereocenters. The van der Waals surface area contributed by atoms with E-state index in [4.69, 9.17) is 11.2 Å². The van der Waals surface area contributed by atoms with Crippen molar-refractivity contribution in [2.45, 2.75) is 6.54 Å². The quantitative estimate of drug-likeness (QED) is 0.759. The van der Waals surface area contributed by atoms with Gasteiger partial charge in [0.2, 0.25) is 0 Å². The van der Waals surface area contributed by atoms with Gasteiger partial charge in [0.05, 0.1) is 13.7 Å². The minimum atomic E-state index is -0.112. The molecule has 1 heterocycles. The van der Waals surface area contributed by atoms with Crippen LogP contribution in [0.4, 0.5) is 0 Å². The maximum absolute atomic E-state index is 11.9. The lowest BCUT2D eigenvalue weighted by Gasteiger charge is -2.03. The Morgan fingerprint density at radius 3 is 2.50 bits per heavy atom. The van der Waals surface area contributed by atoms with Crippen LogP contribution in [0, 0.1) is 12.3 Å². The summed E-state index contributed by atoms with van der Waals surface area (Å²) in [6, 6.07) is 7.58. The molecule has 18 heavy (non-hydrogen) atoms. The van der Waals surface area contributed by atoms with Gasteiger partial charge < -0.3 is 4.74 Å². The number of ether oxygens (including phenoxy) is 1. The van der Waals surface area contributed by atoms with E-state index in [2.05, 4.69) is 5.92 Å². The zero-order chi connectivity index (χ0) is 13.1. The third-order valence-corrected chi connectivity index (χ3v) is 2.83. The van der Waals surface area contributed by atoms with Gasteiger partial charge in [-0.25, -0.2) is 4.79 Å². The van der Waals surface area contributed by atoms with Crippen molar-refractivity contribution in [1.29, 1.82) is 0 Å². The van der Waals surface area contributed by atoms with E-state index in [1.54, 1.807) is 24.9 Å². The molecule has 0 saturated heterocycles. The summed E-state index contributed by atoms with van der Waals surface area (Å²) in [5.41, 5.74) is 1.49. The third-order valence-electron chi connectivity index (χ3n) is 2.83. The average Bonchev–Trinajstić information content (AvgIpc) is 2.67. The van der Waals surface area contributed by atoms with Gasteiger partial charge in [-0.15, -0.1) is 6.42 Å². The second-order valence-electron chi connectivity index (χ2n) is 3.98. The second kappa shape index (κ2) is 4.84. The van der Waals surface area contributed by atoms with Crippen molar-refractivity contribution in [3.8, 4) is 18.1 Å². The minimum absolute atomic E-state index is 0.112. The predicted octanol–water partition coefficient (Wildman–Crippen LogP) is 1.22. The van der Waals surface area contributed by atoms with Crippen LogP contribution in [-0.4, -0.2) is 16.2 Å². The number of nitrogens with zero attached hydrogens (tertiary/aromatic N) is 2. The van der Waals surface area contributed by atoms with Crippen molar-refractivity contribution in [2.75, 3.05) is 7.11 Å². The molecule has 1 aromatic heterocycles. The molecule has 4 nitrogen and oxygen atoms in total. The van der Waals surface area contributed by atoms with Crippen molar-refractivity contribution in [3.05, 3.63) is 52.2 Å². The fourth-order valence-corrected chi connectivity index (χ4v) is 1.76. The molecule has 2 rings (SSSR count). The van der Waals surface area contributed by atoms with Crippen LogP contribution in [0.5, 0.6) is 5.75 Å². The van der Waals surface area contributed by atoms with E-state index >= 15 is 0 Å². The predicted molar refractivity (Wildman–Crippen MR) is 69.7 cm³/mol. The summed E-state index contributed by atoms with van der Waals surface area (Å²) >= 11 is 0. The number of rotatable bonds is 3. The number of methoxy groups -OCH3 is 1. The van der Waals surface area contributed by atoms with Crippen molar-refractivity contribution in [3.63, 3.8) is 0 Å². The van der Waals surface area contributed by atoms with E-state index < -0.39 is 0 Å². The summed E-state index contributed by atoms with van der Waals surface area (Å²) < 4.78 is 8.14. The number of terminal acetylenes is 1. The molecule has 0 aliphatic rings. The highest BCUT2D eigenvalue weighted by atomic mass is 16.5. The Balaban J connectivity index is 2.29. The van der Waals surface area contributed by atoms with Crippen molar-refractivity contribution in [1.82, 2.24) is 9.13 Å². The summed E-state index contributed by atoms with van der Waals surface area (Å²) in [5.74, 6) is 3.28. The Labute approximate surface area is 105 Å². The van der Waals surface area contributed by atoms with Crippen LogP contribution in [0.3, 0.4) is 0 Å². The summed E-state index contributed by atoms with van der Waals surface area (Å²) in [5, 5.41) is 0. The second-order valence-corrected chi connectivity index (χ2v) is 3.98. The summed E-state index contributed by atoms with van der Waals surface area (Å²) in [6.45, 7) is 0.498. The molecule has 92 valence electrons. The van der Waals surface area contributed by atoms with Gasteiger partial charge in [0.1, 0.15) is 11.4 Å². The molecule has 0 radical (unpaired) electrons. The molecular formula is C14H14N2O2. The largest absolute Gasteiger partial charge is 0.497 e. The number of hydrogen-bond acceptors (Lipinski definition) is 2.